The van der Waals surface area contributed by atoms with Crippen LogP contribution in [0.5, 0.6) is 0 Å². The lowest BCUT2D eigenvalue weighted by molar-refractivity contribution is 0.0270. The number of rotatable bonds is 1. The van der Waals surface area contributed by atoms with Gasteiger partial charge in [0.05, 0.1) is 17.6 Å². The normalized spacial score (nSPS) is 15.6. The molecule has 2 heterocycles. The standard InChI is InChI=1S/C16H23N3O2/c1-11-9-14(18-10-13(11)17)12-5-7-19(8-6-12)15(20)21-16(2,3)4/h5,9-10H,6-8,17H2,1-4H3. The molecule has 2 rings (SSSR count). The third kappa shape index (κ3) is 3.97. The maximum atomic E-state index is 12.0. The van der Waals surface area contributed by atoms with Crippen LogP contribution in [0.2, 0.25) is 0 Å². The number of amides is 1. The molecule has 1 aliphatic rings. The number of hydrogen-bond acceptors (Lipinski definition) is 4. The molecular formula is C16H23N3O2. The summed E-state index contributed by atoms with van der Waals surface area (Å²) in [7, 11) is 0. The lowest BCUT2D eigenvalue weighted by Crippen LogP contribution is -2.39. The lowest BCUT2D eigenvalue weighted by atomic mass is 10.0. The summed E-state index contributed by atoms with van der Waals surface area (Å²) in [6.45, 7) is 8.78. The lowest BCUT2D eigenvalue weighted by Gasteiger charge is -2.29. The second-order valence-corrected chi connectivity index (χ2v) is 6.33. The fraction of sp³-hybridized carbons (Fsp3) is 0.500. The molecule has 0 atom stereocenters. The summed E-state index contributed by atoms with van der Waals surface area (Å²) in [5, 5.41) is 0. The molecule has 2 N–H and O–H groups in total. The van der Waals surface area contributed by atoms with Gasteiger partial charge in [0.2, 0.25) is 0 Å². The Hall–Kier alpha value is -2.04. The zero-order valence-electron chi connectivity index (χ0n) is 13.1. The number of carbonyl (C=O) groups is 1. The molecule has 0 saturated carbocycles. The van der Waals surface area contributed by atoms with E-state index >= 15 is 0 Å². The SMILES string of the molecule is Cc1cc(C2=CCN(C(=O)OC(C)(C)C)CC2)ncc1N. The van der Waals surface area contributed by atoms with Crippen molar-refractivity contribution in [2.75, 3.05) is 18.8 Å². The molecule has 0 aliphatic carbocycles. The monoisotopic (exact) mass is 289 g/mol. The van der Waals surface area contributed by atoms with Crippen LogP contribution < -0.4 is 5.73 Å². The van der Waals surface area contributed by atoms with Gasteiger partial charge in [-0.3, -0.25) is 4.98 Å². The molecule has 1 aromatic rings. The fourth-order valence-corrected chi connectivity index (χ4v) is 2.14. The van der Waals surface area contributed by atoms with Crippen molar-refractivity contribution >= 4 is 17.4 Å². The van der Waals surface area contributed by atoms with Crippen molar-refractivity contribution in [1.29, 1.82) is 0 Å². The van der Waals surface area contributed by atoms with Gasteiger partial charge in [-0.1, -0.05) is 6.08 Å². The number of nitrogens with zero attached hydrogens (tertiary/aromatic N) is 2. The highest BCUT2D eigenvalue weighted by Gasteiger charge is 2.24. The molecule has 0 unspecified atom stereocenters. The minimum absolute atomic E-state index is 0.265. The third-order valence-corrected chi connectivity index (χ3v) is 3.34. The average Bonchev–Trinajstić information content (AvgIpc) is 2.40. The van der Waals surface area contributed by atoms with E-state index in [1.807, 2.05) is 39.8 Å². The molecule has 0 spiro atoms. The van der Waals surface area contributed by atoms with E-state index in [4.69, 9.17) is 10.5 Å². The first-order valence-corrected chi connectivity index (χ1v) is 7.16. The van der Waals surface area contributed by atoms with Crippen LogP contribution in [0.15, 0.2) is 18.3 Å². The van der Waals surface area contributed by atoms with Gasteiger partial charge in [0.1, 0.15) is 5.60 Å². The van der Waals surface area contributed by atoms with E-state index in [2.05, 4.69) is 4.98 Å². The molecule has 5 nitrogen and oxygen atoms in total. The molecule has 1 aliphatic heterocycles. The van der Waals surface area contributed by atoms with E-state index in [-0.39, 0.29) is 6.09 Å². The van der Waals surface area contributed by atoms with Crippen LogP contribution in [0.3, 0.4) is 0 Å². The smallest absolute Gasteiger partial charge is 0.410 e. The van der Waals surface area contributed by atoms with Crippen LogP contribution in [0, 0.1) is 6.92 Å². The summed E-state index contributed by atoms with van der Waals surface area (Å²) in [4.78, 5) is 18.1. The van der Waals surface area contributed by atoms with Gasteiger partial charge < -0.3 is 15.4 Å². The number of nitrogens with two attached hydrogens (primary N) is 1. The Morgan fingerprint density at radius 3 is 2.67 bits per heavy atom. The Balaban J connectivity index is 2.05. The van der Waals surface area contributed by atoms with Gasteiger partial charge in [-0.25, -0.2) is 4.79 Å². The number of ether oxygens (including phenoxy) is 1. The van der Waals surface area contributed by atoms with E-state index in [0.29, 0.717) is 18.8 Å². The van der Waals surface area contributed by atoms with Gasteiger partial charge in [0.15, 0.2) is 0 Å². The summed E-state index contributed by atoms with van der Waals surface area (Å²) in [5.41, 5.74) is 9.14. The number of aryl methyl sites for hydroxylation is 1. The largest absolute Gasteiger partial charge is 0.444 e. The molecule has 21 heavy (non-hydrogen) atoms. The van der Waals surface area contributed by atoms with Crippen LogP contribution in [0.4, 0.5) is 10.5 Å². The van der Waals surface area contributed by atoms with Gasteiger partial charge in [-0.2, -0.15) is 0 Å². The highest BCUT2D eigenvalue weighted by molar-refractivity contribution is 5.72. The Kier molecular flexibility index (Phi) is 4.21. The zero-order valence-corrected chi connectivity index (χ0v) is 13.1. The molecule has 1 amide bonds. The molecule has 0 aromatic carbocycles. The number of pyridine rings is 1. The first-order valence-electron chi connectivity index (χ1n) is 7.16. The van der Waals surface area contributed by atoms with Crippen LogP contribution in [-0.4, -0.2) is 34.7 Å². The second-order valence-electron chi connectivity index (χ2n) is 6.33. The Labute approximate surface area is 125 Å². The number of aromatic nitrogens is 1. The molecule has 1 aromatic heterocycles. The molecule has 0 fully saturated rings. The topological polar surface area (TPSA) is 68.5 Å². The molecule has 0 saturated heterocycles. The maximum absolute atomic E-state index is 12.0. The van der Waals surface area contributed by atoms with Crippen molar-refractivity contribution in [3.05, 3.63) is 29.6 Å². The minimum atomic E-state index is -0.462. The van der Waals surface area contributed by atoms with Crippen molar-refractivity contribution in [3.63, 3.8) is 0 Å². The van der Waals surface area contributed by atoms with E-state index < -0.39 is 5.60 Å². The first kappa shape index (κ1) is 15.4. The average molecular weight is 289 g/mol. The fourth-order valence-electron chi connectivity index (χ4n) is 2.14. The second kappa shape index (κ2) is 5.76. The van der Waals surface area contributed by atoms with Crippen LogP contribution in [0.25, 0.3) is 5.57 Å². The third-order valence-electron chi connectivity index (χ3n) is 3.34. The Bertz CT molecular complexity index is 573. The van der Waals surface area contributed by atoms with Gasteiger partial charge in [0, 0.05) is 13.1 Å². The van der Waals surface area contributed by atoms with Gasteiger partial charge in [0.25, 0.3) is 0 Å². The van der Waals surface area contributed by atoms with Crippen LogP contribution in [-0.2, 0) is 4.74 Å². The van der Waals surface area contributed by atoms with Gasteiger partial charge in [-0.15, -0.1) is 0 Å². The number of anilines is 1. The molecule has 0 radical (unpaired) electrons. The summed E-state index contributed by atoms with van der Waals surface area (Å²) >= 11 is 0. The first-order chi connectivity index (χ1) is 9.76. The van der Waals surface area contributed by atoms with E-state index in [1.165, 1.54) is 0 Å². The summed E-state index contributed by atoms with van der Waals surface area (Å²) in [6.07, 6.45) is 4.23. The number of carbonyl (C=O) groups excluding carboxylic acids is 1. The highest BCUT2D eigenvalue weighted by Crippen LogP contribution is 2.23. The van der Waals surface area contributed by atoms with Crippen LogP contribution >= 0.6 is 0 Å². The van der Waals surface area contributed by atoms with Crippen molar-refractivity contribution in [1.82, 2.24) is 9.88 Å². The van der Waals surface area contributed by atoms with Gasteiger partial charge >= 0.3 is 6.09 Å². The molecule has 0 bridgehead atoms. The minimum Gasteiger partial charge on any atom is -0.444 e. The maximum Gasteiger partial charge on any atom is 0.410 e. The Morgan fingerprint density at radius 2 is 2.14 bits per heavy atom. The number of nitrogen functional groups attached to an aromatic ring is 1. The summed E-state index contributed by atoms with van der Waals surface area (Å²) in [5.74, 6) is 0. The predicted molar refractivity (Wildman–Crippen MR) is 83.8 cm³/mol. The predicted octanol–water partition coefficient (Wildman–Crippen LogP) is 3.00. The number of hydrogen-bond donors (Lipinski definition) is 1. The van der Waals surface area contributed by atoms with E-state index in [9.17, 15) is 4.79 Å². The highest BCUT2D eigenvalue weighted by atomic mass is 16.6. The van der Waals surface area contributed by atoms with E-state index in [1.54, 1.807) is 11.1 Å². The Morgan fingerprint density at radius 1 is 1.43 bits per heavy atom. The van der Waals surface area contributed by atoms with E-state index in [0.717, 1.165) is 23.3 Å². The van der Waals surface area contributed by atoms with Crippen molar-refractivity contribution in [2.24, 2.45) is 0 Å². The summed E-state index contributed by atoms with van der Waals surface area (Å²) < 4.78 is 5.38. The molecule has 114 valence electrons. The van der Waals surface area contributed by atoms with Crippen molar-refractivity contribution in [3.8, 4) is 0 Å². The van der Waals surface area contributed by atoms with Crippen molar-refractivity contribution < 1.29 is 9.53 Å². The van der Waals surface area contributed by atoms with Crippen molar-refractivity contribution in [2.45, 2.75) is 39.7 Å². The van der Waals surface area contributed by atoms with Crippen LogP contribution in [0.1, 0.15) is 38.4 Å². The molecular weight excluding hydrogens is 266 g/mol. The molecule has 5 heteroatoms. The summed E-state index contributed by atoms with van der Waals surface area (Å²) in [6, 6.07) is 1.99. The zero-order chi connectivity index (χ0) is 15.6. The van der Waals surface area contributed by atoms with Gasteiger partial charge in [-0.05, 0) is 51.3 Å². The quantitative estimate of drug-likeness (QED) is 0.863.